The van der Waals surface area contributed by atoms with Crippen LogP contribution in [0.25, 0.3) is 0 Å². The predicted octanol–water partition coefficient (Wildman–Crippen LogP) is 2.55. The lowest BCUT2D eigenvalue weighted by Crippen LogP contribution is -2.28. The standard InChI is InChI=1S/C13H18BrF2NO3/c1-8(6-19-2)20-7-9(18)5-17-13-3-10(14)11(15)4-12(13)16/h3-4,8-9,17-18H,5-7H2,1-2H3. The maximum Gasteiger partial charge on any atom is 0.149 e. The van der Waals surface area contributed by atoms with E-state index in [0.29, 0.717) is 6.61 Å². The molecule has 4 nitrogen and oxygen atoms in total. The number of ether oxygens (including phenoxy) is 2. The third-order valence-corrected chi connectivity index (χ3v) is 3.12. The molecule has 0 aliphatic carbocycles. The van der Waals surface area contributed by atoms with E-state index in [4.69, 9.17) is 9.47 Å². The minimum absolute atomic E-state index is 0.0920. The van der Waals surface area contributed by atoms with Crippen LogP contribution >= 0.6 is 15.9 Å². The number of hydrogen-bond acceptors (Lipinski definition) is 4. The van der Waals surface area contributed by atoms with Crippen LogP contribution in [0.1, 0.15) is 6.92 Å². The van der Waals surface area contributed by atoms with Crippen LogP contribution in [0.2, 0.25) is 0 Å². The van der Waals surface area contributed by atoms with Gasteiger partial charge in [0.1, 0.15) is 11.6 Å². The molecule has 2 N–H and O–H groups in total. The second kappa shape index (κ2) is 8.51. The van der Waals surface area contributed by atoms with Gasteiger partial charge in [-0.2, -0.15) is 0 Å². The van der Waals surface area contributed by atoms with Crippen LogP contribution < -0.4 is 5.32 Å². The van der Waals surface area contributed by atoms with Gasteiger partial charge in [-0.3, -0.25) is 0 Å². The summed E-state index contributed by atoms with van der Waals surface area (Å²) in [7, 11) is 1.56. The summed E-state index contributed by atoms with van der Waals surface area (Å²) in [6.45, 7) is 2.44. The number of aliphatic hydroxyl groups excluding tert-OH is 1. The molecule has 0 saturated carbocycles. The first-order chi connectivity index (χ1) is 9.43. The lowest BCUT2D eigenvalue weighted by atomic mass is 10.2. The molecule has 0 bridgehead atoms. The lowest BCUT2D eigenvalue weighted by molar-refractivity contribution is -0.0282. The number of aliphatic hydroxyl groups is 1. The van der Waals surface area contributed by atoms with E-state index in [0.717, 1.165) is 6.07 Å². The summed E-state index contributed by atoms with van der Waals surface area (Å²) in [6, 6.07) is 2.06. The van der Waals surface area contributed by atoms with Crippen LogP contribution in [-0.2, 0) is 9.47 Å². The van der Waals surface area contributed by atoms with Crippen molar-refractivity contribution < 1.29 is 23.4 Å². The summed E-state index contributed by atoms with van der Waals surface area (Å²) in [6.07, 6.45) is -0.941. The molecule has 7 heteroatoms. The molecule has 0 fully saturated rings. The molecular formula is C13H18BrF2NO3. The Morgan fingerprint density at radius 2 is 2.00 bits per heavy atom. The Labute approximate surface area is 125 Å². The molecule has 1 rings (SSSR count). The van der Waals surface area contributed by atoms with Crippen molar-refractivity contribution in [1.82, 2.24) is 0 Å². The quantitative estimate of drug-likeness (QED) is 0.705. The molecule has 0 heterocycles. The van der Waals surface area contributed by atoms with Gasteiger partial charge < -0.3 is 19.9 Å². The van der Waals surface area contributed by atoms with E-state index in [1.165, 1.54) is 6.07 Å². The molecule has 0 aromatic heterocycles. The van der Waals surface area contributed by atoms with E-state index < -0.39 is 17.7 Å². The SMILES string of the molecule is COCC(C)OCC(O)CNc1cc(Br)c(F)cc1F. The van der Waals surface area contributed by atoms with Crippen LogP contribution in [-0.4, -0.2) is 44.2 Å². The fourth-order valence-electron chi connectivity index (χ4n) is 1.50. The zero-order valence-corrected chi connectivity index (χ0v) is 12.9. The van der Waals surface area contributed by atoms with Gasteiger partial charge in [-0.15, -0.1) is 0 Å². The molecule has 0 aliphatic rings. The monoisotopic (exact) mass is 353 g/mol. The predicted molar refractivity (Wildman–Crippen MR) is 75.8 cm³/mol. The van der Waals surface area contributed by atoms with E-state index >= 15 is 0 Å². The van der Waals surface area contributed by atoms with Crippen molar-refractivity contribution in [3.63, 3.8) is 0 Å². The molecule has 2 unspecified atom stereocenters. The Kier molecular flexibility index (Phi) is 7.36. The molecular weight excluding hydrogens is 336 g/mol. The van der Waals surface area contributed by atoms with Gasteiger partial charge in [0, 0.05) is 19.7 Å². The zero-order chi connectivity index (χ0) is 15.1. The Morgan fingerprint density at radius 1 is 1.30 bits per heavy atom. The van der Waals surface area contributed by atoms with E-state index in [-0.39, 0.29) is 29.4 Å². The van der Waals surface area contributed by atoms with Crippen molar-refractivity contribution in [2.75, 3.05) is 32.2 Å². The second-order valence-electron chi connectivity index (χ2n) is 4.38. The summed E-state index contributed by atoms with van der Waals surface area (Å²) in [5.41, 5.74) is 0.113. The average molecular weight is 354 g/mol. The molecule has 1 aromatic rings. The largest absolute Gasteiger partial charge is 0.389 e. The molecule has 0 amide bonds. The maximum absolute atomic E-state index is 13.4. The van der Waals surface area contributed by atoms with Gasteiger partial charge in [0.15, 0.2) is 0 Å². The molecule has 0 aliphatic heterocycles. The highest BCUT2D eigenvalue weighted by molar-refractivity contribution is 9.10. The summed E-state index contributed by atoms with van der Waals surface area (Å²) in [5, 5.41) is 12.4. The molecule has 2 atom stereocenters. The minimum atomic E-state index is -0.808. The highest BCUT2D eigenvalue weighted by atomic mass is 79.9. The van der Waals surface area contributed by atoms with Crippen molar-refractivity contribution in [1.29, 1.82) is 0 Å². The molecule has 20 heavy (non-hydrogen) atoms. The highest BCUT2D eigenvalue weighted by Gasteiger charge is 2.11. The van der Waals surface area contributed by atoms with Gasteiger partial charge in [0.05, 0.1) is 35.6 Å². The summed E-state index contributed by atoms with van der Waals surface area (Å²) in [5.74, 6) is -1.39. The maximum atomic E-state index is 13.4. The van der Waals surface area contributed by atoms with Crippen LogP contribution in [0, 0.1) is 11.6 Å². The van der Waals surface area contributed by atoms with Gasteiger partial charge in [0.25, 0.3) is 0 Å². The van der Waals surface area contributed by atoms with Crippen LogP contribution in [0.15, 0.2) is 16.6 Å². The number of benzene rings is 1. The van der Waals surface area contributed by atoms with Crippen LogP contribution in [0.3, 0.4) is 0 Å². The highest BCUT2D eigenvalue weighted by Crippen LogP contribution is 2.23. The molecule has 1 aromatic carbocycles. The topological polar surface area (TPSA) is 50.7 Å². The lowest BCUT2D eigenvalue weighted by Gasteiger charge is -2.17. The van der Waals surface area contributed by atoms with Crippen LogP contribution in [0.4, 0.5) is 14.5 Å². The molecule has 0 radical (unpaired) electrons. The van der Waals surface area contributed by atoms with Crippen molar-refractivity contribution in [3.05, 3.63) is 28.2 Å². The Morgan fingerprint density at radius 3 is 2.65 bits per heavy atom. The summed E-state index contributed by atoms with van der Waals surface area (Å²) < 4.78 is 36.9. The number of hydrogen-bond donors (Lipinski definition) is 2. The third-order valence-electron chi connectivity index (χ3n) is 2.51. The number of nitrogens with one attached hydrogen (secondary N) is 1. The first kappa shape index (κ1) is 17.3. The number of halogens is 3. The first-order valence-corrected chi connectivity index (χ1v) is 6.90. The average Bonchev–Trinajstić information content (AvgIpc) is 2.39. The smallest absolute Gasteiger partial charge is 0.149 e. The number of methoxy groups -OCH3 is 1. The summed E-state index contributed by atoms with van der Waals surface area (Å²) in [4.78, 5) is 0. The Balaban J connectivity index is 2.41. The van der Waals surface area contributed by atoms with Gasteiger partial charge in [0.2, 0.25) is 0 Å². The molecule has 0 saturated heterocycles. The normalized spacial score (nSPS) is 14.1. The van der Waals surface area contributed by atoms with E-state index in [2.05, 4.69) is 21.2 Å². The van der Waals surface area contributed by atoms with Gasteiger partial charge >= 0.3 is 0 Å². The van der Waals surface area contributed by atoms with Crippen LogP contribution in [0.5, 0.6) is 0 Å². The van der Waals surface area contributed by atoms with Gasteiger partial charge in [-0.05, 0) is 28.9 Å². The van der Waals surface area contributed by atoms with Crippen molar-refractivity contribution in [3.8, 4) is 0 Å². The fourth-order valence-corrected chi connectivity index (χ4v) is 1.85. The van der Waals surface area contributed by atoms with E-state index in [1.807, 2.05) is 6.92 Å². The number of rotatable bonds is 8. The molecule has 114 valence electrons. The van der Waals surface area contributed by atoms with Gasteiger partial charge in [-0.25, -0.2) is 8.78 Å². The van der Waals surface area contributed by atoms with Crippen molar-refractivity contribution >= 4 is 21.6 Å². The van der Waals surface area contributed by atoms with Gasteiger partial charge in [-0.1, -0.05) is 0 Å². The third kappa shape index (κ3) is 5.70. The van der Waals surface area contributed by atoms with Crippen molar-refractivity contribution in [2.24, 2.45) is 0 Å². The minimum Gasteiger partial charge on any atom is -0.389 e. The summed E-state index contributed by atoms with van der Waals surface area (Å²) >= 11 is 2.97. The van der Waals surface area contributed by atoms with Crippen molar-refractivity contribution in [2.45, 2.75) is 19.1 Å². The first-order valence-electron chi connectivity index (χ1n) is 6.11. The zero-order valence-electron chi connectivity index (χ0n) is 11.3. The van der Waals surface area contributed by atoms with E-state index in [1.54, 1.807) is 7.11 Å². The number of anilines is 1. The fraction of sp³-hybridized carbons (Fsp3) is 0.538. The second-order valence-corrected chi connectivity index (χ2v) is 5.23. The Hall–Kier alpha value is -0.760. The van der Waals surface area contributed by atoms with E-state index in [9.17, 15) is 13.9 Å². The molecule has 0 spiro atoms. The Bertz CT molecular complexity index is 434.